The predicted octanol–water partition coefficient (Wildman–Crippen LogP) is 1.46. The van der Waals surface area contributed by atoms with Crippen LogP contribution in [-0.2, 0) is 4.79 Å². The molecule has 0 spiro atoms. The summed E-state index contributed by atoms with van der Waals surface area (Å²) in [5, 5.41) is 2.95. The molecule has 0 aromatic carbocycles. The minimum absolute atomic E-state index is 0.0201. The number of carbonyl (C=O) groups is 1. The van der Waals surface area contributed by atoms with Crippen LogP contribution in [0.3, 0.4) is 0 Å². The molecule has 4 nitrogen and oxygen atoms in total. The lowest BCUT2D eigenvalue weighted by Crippen LogP contribution is -2.36. The first-order valence-electron chi connectivity index (χ1n) is 5.86. The molecule has 0 saturated heterocycles. The first kappa shape index (κ1) is 13.6. The van der Waals surface area contributed by atoms with Crippen molar-refractivity contribution in [3.8, 4) is 0 Å². The van der Waals surface area contributed by atoms with Crippen LogP contribution in [0.2, 0.25) is 0 Å². The molecule has 0 aliphatic rings. The summed E-state index contributed by atoms with van der Waals surface area (Å²) in [5.74, 6) is 0.104. The number of hydrogen-bond acceptors (Lipinski definition) is 3. The Bertz CT molecular complexity index is 349. The van der Waals surface area contributed by atoms with Gasteiger partial charge in [-0.1, -0.05) is 19.9 Å². The van der Waals surface area contributed by atoms with Crippen molar-refractivity contribution < 1.29 is 4.79 Å². The molecule has 1 atom stereocenters. The van der Waals surface area contributed by atoms with E-state index in [4.69, 9.17) is 0 Å². The van der Waals surface area contributed by atoms with Crippen LogP contribution in [0.25, 0.3) is 0 Å². The smallest absolute Gasteiger partial charge is 0.222 e. The van der Waals surface area contributed by atoms with Gasteiger partial charge in [0.1, 0.15) is 0 Å². The van der Waals surface area contributed by atoms with E-state index >= 15 is 0 Å². The molecule has 0 fully saturated rings. The summed E-state index contributed by atoms with van der Waals surface area (Å²) in [6, 6.07) is 4.10. The van der Waals surface area contributed by atoms with Gasteiger partial charge >= 0.3 is 0 Å². The topological polar surface area (TPSA) is 45.2 Å². The van der Waals surface area contributed by atoms with Gasteiger partial charge in [-0.3, -0.25) is 9.78 Å². The van der Waals surface area contributed by atoms with E-state index in [-0.39, 0.29) is 17.9 Å². The largest absolute Gasteiger partial charge is 0.354 e. The van der Waals surface area contributed by atoms with E-state index < -0.39 is 0 Å². The van der Waals surface area contributed by atoms with Crippen LogP contribution in [0.15, 0.2) is 24.5 Å². The third kappa shape index (κ3) is 4.15. The lowest BCUT2D eigenvalue weighted by atomic mass is 10.1. The summed E-state index contributed by atoms with van der Waals surface area (Å²) < 4.78 is 0. The molecule has 1 unspecified atom stereocenters. The van der Waals surface area contributed by atoms with E-state index in [2.05, 4.69) is 15.2 Å². The van der Waals surface area contributed by atoms with Gasteiger partial charge in [-0.25, -0.2) is 0 Å². The molecule has 0 saturated carbocycles. The second kappa shape index (κ2) is 6.35. The summed E-state index contributed by atoms with van der Waals surface area (Å²) in [5.41, 5.74) is 1.11. The van der Waals surface area contributed by atoms with Crippen LogP contribution >= 0.6 is 0 Å². The van der Waals surface area contributed by atoms with Crippen molar-refractivity contribution in [1.29, 1.82) is 0 Å². The van der Waals surface area contributed by atoms with Gasteiger partial charge in [-0.2, -0.15) is 0 Å². The quantitative estimate of drug-likeness (QED) is 0.840. The molecule has 1 rings (SSSR count). The Kier molecular flexibility index (Phi) is 5.10. The molecule has 0 aliphatic carbocycles. The fourth-order valence-corrected chi connectivity index (χ4v) is 1.57. The average Bonchev–Trinajstić information content (AvgIpc) is 2.29. The molecule has 1 heterocycles. The van der Waals surface area contributed by atoms with Crippen molar-refractivity contribution in [3.05, 3.63) is 30.1 Å². The summed E-state index contributed by atoms with van der Waals surface area (Å²) in [4.78, 5) is 17.7. The van der Waals surface area contributed by atoms with Gasteiger partial charge in [0.25, 0.3) is 0 Å². The molecule has 4 heteroatoms. The van der Waals surface area contributed by atoms with Crippen molar-refractivity contribution in [2.24, 2.45) is 5.92 Å². The molecule has 0 radical (unpaired) electrons. The van der Waals surface area contributed by atoms with E-state index in [1.165, 1.54) is 0 Å². The average molecular weight is 235 g/mol. The Morgan fingerprint density at radius 3 is 2.65 bits per heavy atom. The second-order valence-electron chi connectivity index (χ2n) is 4.67. The monoisotopic (exact) mass is 235 g/mol. The molecule has 1 amide bonds. The van der Waals surface area contributed by atoms with Crippen LogP contribution in [-0.4, -0.2) is 36.4 Å². The first-order chi connectivity index (χ1) is 8.02. The van der Waals surface area contributed by atoms with Gasteiger partial charge in [0.2, 0.25) is 5.91 Å². The third-order valence-electron chi connectivity index (χ3n) is 2.69. The van der Waals surface area contributed by atoms with E-state index in [1.54, 1.807) is 6.20 Å². The Hall–Kier alpha value is -1.42. The summed E-state index contributed by atoms with van der Waals surface area (Å²) in [6.07, 6.45) is 3.59. The minimum atomic E-state index is 0.0201. The second-order valence-corrected chi connectivity index (χ2v) is 4.67. The maximum absolute atomic E-state index is 11.6. The van der Waals surface area contributed by atoms with Crippen LogP contribution in [0, 0.1) is 5.92 Å². The fourth-order valence-electron chi connectivity index (χ4n) is 1.57. The van der Waals surface area contributed by atoms with Crippen molar-refractivity contribution >= 4 is 5.91 Å². The first-order valence-corrected chi connectivity index (χ1v) is 5.86. The van der Waals surface area contributed by atoms with E-state index in [1.807, 2.05) is 46.3 Å². The zero-order valence-corrected chi connectivity index (χ0v) is 11.0. The number of nitrogens with zero attached hydrogens (tertiary/aromatic N) is 2. The van der Waals surface area contributed by atoms with Gasteiger partial charge in [0.05, 0.1) is 6.04 Å². The third-order valence-corrected chi connectivity index (χ3v) is 2.69. The zero-order chi connectivity index (χ0) is 12.8. The number of hydrogen-bond donors (Lipinski definition) is 1. The number of carbonyl (C=O) groups excluding carboxylic acids is 1. The predicted molar refractivity (Wildman–Crippen MR) is 68.5 cm³/mol. The van der Waals surface area contributed by atoms with Crippen LogP contribution in [0.5, 0.6) is 0 Å². The van der Waals surface area contributed by atoms with E-state index in [9.17, 15) is 4.79 Å². The van der Waals surface area contributed by atoms with Gasteiger partial charge < -0.3 is 10.2 Å². The Morgan fingerprint density at radius 1 is 1.47 bits per heavy atom. The number of aromatic nitrogens is 1. The van der Waals surface area contributed by atoms with Gasteiger partial charge in [-0.15, -0.1) is 0 Å². The summed E-state index contributed by atoms with van der Waals surface area (Å²) in [7, 11) is 4.00. The normalized spacial score (nSPS) is 12.8. The van der Waals surface area contributed by atoms with Crippen molar-refractivity contribution in [1.82, 2.24) is 15.2 Å². The number of likely N-dealkylation sites (N-methyl/N-ethyl adjacent to an activating group) is 1. The van der Waals surface area contributed by atoms with E-state index in [0.29, 0.717) is 6.54 Å². The minimum Gasteiger partial charge on any atom is -0.354 e. The van der Waals surface area contributed by atoms with Crippen molar-refractivity contribution in [2.75, 3.05) is 20.6 Å². The lowest BCUT2D eigenvalue weighted by Gasteiger charge is -2.25. The highest BCUT2D eigenvalue weighted by atomic mass is 16.1. The Morgan fingerprint density at radius 2 is 2.18 bits per heavy atom. The Balaban J connectivity index is 2.66. The fraction of sp³-hybridized carbons (Fsp3) is 0.538. The molecule has 94 valence electrons. The molecule has 1 aromatic rings. The standard InChI is InChI=1S/C13H21N3O/c1-10(2)13(17)15-9-12(16(3)4)11-6-5-7-14-8-11/h5-8,10,12H,9H2,1-4H3,(H,15,17). The summed E-state index contributed by atoms with van der Waals surface area (Å²) in [6.45, 7) is 4.39. The highest BCUT2D eigenvalue weighted by Gasteiger charge is 2.16. The molecular weight excluding hydrogens is 214 g/mol. The zero-order valence-electron chi connectivity index (χ0n) is 11.0. The van der Waals surface area contributed by atoms with Gasteiger partial charge in [-0.05, 0) is 25.7 Å². The van der Waals surface area contributed by atoms with Crippen molar-refractivity contribution in [3.63, 3.8) is 0 Å². The molecule has 17 heavy (non-hydrogen) atoms. The van der Waals surface area contributed by atoms with E-state index in [0.717, 1.165) is 5.56 Å². The summed E-state index contributed by atoms with van der Waals surface area (Å²) >= 11 is 0. The van der Waals surface area contributed by atoms with Gasteiger partial charge in [0, 0.05) is 24.9 Å². The number of pyridine rings is 1. The maximum Gasteiger partial charge on any atom is 0.222 e. The molecule has 1 aromatic heterocycles. The molecular formula is C13H21N3O. The molecule has 0 bridgehead atoms. The molecule has 0 aliphatic heterocycles. The highest BCUT2D eigenvalue weighted by molar-refractivity contribution is 5.77. The van der Waals surface area contributed by atoms with Crippen LogP contribution in [0.1, 0.15) is 25.5 Å². The number of amides is 1. The SMILES string of the molecule is CC(C)C(=O)NCC(c1cccnc1)N(C)C. The number of nitrogens with one attached hydrogen (secondary N) is 1. The molecule has 1 N–H and O–H groups in total. The van der Waals surface area contributed by atoms with Crippen LogP contribution < -0.4 is 5.32 Å². The maximum atomic E-state index is 11.6. The number of rotatable bonds is 5. The Labute approximate surface area is 103 Å². The van der Waals surface area contributed by atoms with Crippen LogP contribution in [0.4, 0.5) is 0 Å². The van der Waals surface area contributed by atoms with Gasteiger partial charge in [0.15, 0.2) is 0 Å². The van der Waals surface area contributed by atoms with Crippen molar-refractivity contribution in [2.45, 2.75) is 19.9 Å². The highest BCUT2D eigenvalue weighted by Crippen LogP contribution is 2.15. The lowest BCUT2D eigenvalue weighted by molar-refractivity contribution is -0.124.